The van der Waals surface area contributed by atoms with Crippen LogP contribution in [0.4, 0.5) is 15.8 Å². The first-order valence-corrected chi connectivity index (χ1v) is 6.17. The van der Waals surface area contributed by atoms with E-state index in [-0.39, 0.29) is 16.3 Å². The lowest BCUT2D eigenvalue weighted by Crippen LogP contribution is -2.11. The number of carbonyl (C=O) groups is 1. The van der Waals surface area contributed by atoms with Crippen molar-refractivity contribution < 1.29 is 14.1 Å². The smallest absolute Gasteiger partial charge is 0.271 e. The number of hydrogen-bond acceptors (Lipinski definition) is 4. The number of carbonyl (C=O) groups excluding carboxylic acids is 1. The first-order chi connectivity index (χ1) is 8.97. The minimum Gasteiger partial charge on any atom is -0.319 e. The Kier molecular flexibility index (Phi) is 3.77. The molecule has 8 heteroatoms. The zero-order chi connectivity index (χ0) is 14.0. The molecule has 1 heterocycles. The highest BCUT2D eigenvalue weighted by molar-refractivity contribution is 7.18. The fourth-order valence-electron chi connectivity index (χ4n) is 1.34. The van der Waals surface area contributed by atoms with E-state index >= 15 is 0 Å². The van der Waals surface area contributed by atoms with Crippen molar-refractivity contribution in [2.24, 2.45) is 0 Å². The first kappa shape index (κ1) is 13.4. The van der Waals surface area contributed by atoms with Gasteiger partial charge in [0.15, 0.2) is 0 Å². The maximum Gasteiger partial charge on any atom is 0.271 e. The van der Waals surface area contributed by atoms with E-state index in [0.717, 1.165) is 29.5 Å². The molecule has 0 fully saturated rings. The van der Waals surface area contributed by atoms with Crippen molar-refractivity contribution in [1.29, 1.82) is 0 Å². The van der Waals surface area contributed by atoms with Gasteiger partial charge >= 0.3 is 0 Å². The van der Waals surface area contributed by atoms with Crippen molar-refractivity contribution in [2.75, 3.05) is 5.32 Å². The van der Waals surface area contributed by atoms with Gasteiger partial charge in [-0.2, -0.15) is 0 Å². The van der Waals surface area contributed by atoms with Gasteiger partial charge in [-0.3, -0.25) is 14.9 Å². The van der Waals surface area contributed by atoms with Crippen molar-refractivity contribution >= 4 is 40.2 Å². The van der Waals surface area contributed by atoms with Gasteiger partial charge in [-0.25, -0.2) is 4.39 Å². The summed E-state index contributed by atoms with van der Waals surface area (Å²) < 4.78 is 13.9. The second-order valence-corrected chi connectivity index (χ2v) is 5.19. The third kappa shape index (κ3) is 3.07. The highest BCUT2D eigenvalue weighted by atomic mass is 35.5. The van der Waals surface area contributed by atoms with Gasteiger partial charge in [0.2, 0.25) is 0 Å². The maximum atomic E-state index is 13.5. The van der Waals surface area contributed by atoms with Crippen LogP contribution >= 0.6 is 22.9 Å². The molecule has 0 bridgehead atoms. The number of rotatable bonds is 3. The third-order valence-electron chi connectivity index (χ3n) is 2.21. The Morgan fingerprint density at radius 1 is 1.37 bits per heavy atom. The summed E-state index contributed by atoms with van der Waals surface area (Å²) in [5.74, 6) is -1.32. The molecule has 2 rings (SSSR count). The SMILES string of the molecule is O=C(Nc1cc([N+](=O)[O-])ccc1F)c1ccc(Cl)s1. The topological polar surface area (TPSA) is 72.2 Å². The van der Waals surface area contributed by atoms with E-state index in [1.807, 2.05) is 0 Å². The molecule has 0 saturated carbocycles. The molecule has 0 unspecified atom stereocenters. The number of nitrogens with one attached hydrogen (secondary N) is 1. The number of non-ortho nitro benzene ring substituents is 1. The lowest BCUT2D eigenvalue weighted by atomic mass is 10.2. The monoisotopic (exact) mass is 300 g/mol. The Labute approximate surface area is 115 Å². The second-order valence-electron chi connectivity index (χ2n) is 3.48. The van der Waals surface area contributed by atoms with Gasteiger partial charge in [0.25, 0.3) is 11.6 Å². The molecule has 19 heavy (non-hydrogen) atoms. The van der Waals surface area contributed by atoms with Crippen LogP contribution in [0.3, 0.4) is 0 Å². The largest absolute Gasteiger partial charge is 0.319 e. The van der Waals surface area contributed by atoms with E-state index in [4.69, 9.17) is 11.6 Å². The molecule has 0 aliphatic heterocycles. The Morgan fingerprint density at radius 2 is 2.11 bits per heavy atom. The summed E-state index contributed by atoms with van der Waals surface area (Å²) in [6.07, 6.45) is 0. The summed E-state index contributed by atoms with van der Waals surface area (Å²) in [6, 6.07) is 5.92. The summed E-state index contributed by atoms with van der Waals surface area (Å²) in [4.78, 5) is 22.0. The van der Waals surface area contributed by atoms with Crippen LogP contribution in [-0.4, -0.2) is 10.8 Å². The number of hydrogen-bond donors (Lipinski definition) is 1. The van der Waals surface area contributed by atoms with Crippen LogP contribution in [0.25, 0.3) is 0 Å². The van der Waals surface area contributed by atoms with Gasteiger partial charge in [0.1, 0.15) is 5.82 Å². The average molecular weight is 301 g/mol. The number of nitro groups is 1. The predicted octanol–water partition coefficient (Wildman–Crippen LogP) is 3.70. The van der Waals surface area contributed by atoms with Crippen LogP contribution in [0, 0.1) is 15.9 Å². The standard InChI is InChI=1S/C11H6ClFN2O3S/c12-10-4-3-9(19-10)11(16)14-8-5-6(15(17)18)1-2-7(8)13/h1-5H,(H,14,16). The van der Waals surface area contributed by atoms with Gasteiger partial charge < -0.3 is 5.32 Å². The molecule has 1 aromatic heterocycles. The number of anilines is 1. The Hall–Kier alpha value is -1.99. The molecule has 5 nitrogen and oxygen atoms in total. The molecular formula is C11H6ClFN2O3S. The third-order valence-corrected chi connectivity index (χ3v) is 3.44. The van der Waals surface area contributed by atoms with Crippen molar-refractivity contribution in [3.8, 4) is 0 Å². The molecule has 0 atom stereocenters. The minimum atomic E-state index is -0.749. The maximum absolute atomic E-state index is 13.5. The van der Waals surface area contributed by atoms with Crippen molar-refractivity contribution in [3.63, 3.8) is 0 Å². The number of amides is 1. The molecule has 1 aromatic carbocycles. The van der Waals surface area contributed by atoms with E-state index in [9.17, 15) is 19.3 Å². The Balaban J connectivity index is 2.25. The zero-order valence-corrected chi connectivity index (χ0v) is 10.8. The average Bonchev–Trinajstić information content (AvgIpc) is 2.78. The molecule has 0 radical (unpaired) electrons. The van der Waals surface area contributed by atoms with Gasteiger partial charge in [-0.05, 0) is 18.2 Å². The van der Waals surface area contributed by atoms with Gasteiger partial charge in [0, 0.05) is 12.1 Å². The van der Waals surface area contributed by atoms with Crippen LogP contribution in [0.2, 0.25) is 4.34 Å². The minimum absolute atomic E-state index is 0.247. The van der Waals surface area contributed by atoms with Crippen LogP contribution < -0.4 is 5.32 Å². The molecule has 0 saturated heterocycles. The van der Waals surface area contributed by atoms with Gasteiger partial charge in [-0.15, -0.1) is 11.3 Å². The van der Waals surface area contributed by atoms with E-state index in [1.54, 1.807) is 0 Å². The second kappa shape index (κ2) is 5.33. The van der Waals surface area contributed by atoms with Crippen molar-refractivity contribution in [3.05, 3.63) is 55.5 Å². The van der Waals surface area contributed by atoms with Gasteiger partial charge in [0.05, 0.1) is 19.8 Å². The highest BCUT2D eigenvalue weighted by Crippen LogP contribution is 2.25. The summed E-state index contributed by atoms with van der Waals surface area (Å²) in [5, 5.41) is 12.8. The normalized spacial score (nSPS) is 10.2. The van der Waals surface area contributed by atoms with Crippen LogP contribution in [0.1, 0.15) is 9.67 Å². The Morgan fingerprint density at radius 3 is 2.68 bits per heavy atom. The summed E-state index contributed by atoms with van der Waals surface area (Å²) in [6.45, 7) is 0. The molecule has 2 aromatic rings. The summed E-state index contributed by atoms with van der Waals surface area (Å²) in [5.41, 5.74) is -0.551. The molecular weight excluding hydrogens is 295 g/mol. The van der Waals surface area contributed by atoms with Crippen LogP contribution in [0.5, 0.6) is 0 Å². The zero-order valence-electron chi connectivity index (χ0n) is 9.22. The number of nitrogens with zero attached hydrogens (tertiary/aromatic N) is 1. The number of benzene rings is 1. The predicted molar refractivity (Wildman–Crippen MR) is 70.3 cm³/mol. The van der Waals surface area contributed by atoms with Crippen molar-refractivity contribution in [1.82, 2.24) is 0 Å². The number of thiophene rings is 1. The van der Waals surface area contributed by atoms with Gasteiger partial charge in [-0.1, -0.05) is 11.6 Å². The van der Waals surface area contributed by atoms with E-state index in [1.165, 1.54) is 12.1 Å². The van der Waals surface area contributed by atoms with E-state index < -0.39 is 16.6 Å². The fourth-order valence-corrected chi connectivity index (χ4v) is 2.28. The number of halogens is 2. The molecule has 1 N–H and O–H groups in total. The molecule has 0 aliphatic carbocycles. The number of nitro benzene ring substituents is 1. The lowest BCUT2D eigenvalue weighted by molar-refractivity contribution is -0.384. The summed E-state index contributed by atoms with van der Waals surface area (Å²) >= 11 is 6.71. The molecule has 0 aliphatic rings. The molecule has 98 valence electrons. The molecule has 1 amide bonds. The highest BCUT2D eigenvalue weighted by Gasteiger charge is 2.15. The lowest BCUT2D eigenvalue weighted by Gasteiger charge is -2.04. The fraction of sp³-hybridized carbons (Fsp3) is 0. The summed E-state index contributed by atoms with van der Waals surface area (Å²) in [7, 11) is 0. The van der Waals surface area contributed by atoms with Crippen LogP contribution in [0.15, 0.2) is 30.3 Å². The molecule has 0 spiro atoms. The van der Waals surface area contributed by atoms with Crippen molar-refractivity contribution in [2.45, 2.75) is 0 Å². The first-order valence-electron chi connectivity index (χ1n) is 4.98. The van der Waals surface area contributed by atoms with E-state index in [0.29, 0.717) is 4.34 Å². The Bertz CT molecular complexity index is 659. The van der Waals surface area contributed by atoms with E-state index in [2.05, 4.69) is 5.32 Å². The quantitative estimate of drug-likeness (QED) is 0.694. The van der Waals surface area contributed by atoms with Crippen LogP contribution in [-0.2, 0) is 0 Å².